The van der Waals surface area contributed by atoms with E-state index in [2.05, 4.69) is 9.97 Å². The van der Waals surface area contributed by atoms with Crippen molar-refractivity contribution in [1.82, 2.24) is 9.97 Å². The molecule has 17 heavy (non-hydrogen) atoms. The van der Waals surface area contributed by atoms with Crippen LogP contribution in [0.2, 0.25) is 0 Å². The molecule has 5 nitrogen and oxygen atoms in total. The van der Waals surface area contributed by atoms with Gasteiger partial charge < -0.3 is 15.2 Å². The van der Waals surface area contributed by atoms with Crippen LogP contribution in [0.15, 0.2) is 30.6 Å². The summed E-state index contributed by atoms with van der Waals surface area (Å²) in [5, 5.41) is 0. The number of anilines is 1. The fraction of sp³-hybridized carbons (Fsp3) is 0.167. The number of methoxy groups -OCH3 is 2. The normalized spacial score (nSPS) is 10.0. The third-order valence-corrected chi connectivity index (χ3v) is 2.30. The van der Waals surface area contributed by atoms with Crippen molar-refractivity contribution in [2.24, 2.45) is 0 Å². The van der Waals surface area contributed by atoms with E-state index in [4.69, 9.17) is 15.2 Å². The monoisotopic (exact) mass is 231 g/mol. The number of benzene rings is 1. The molecule has 0 aliphatic heterocycles. The van der Waals surface area contributed by atoms with Gasteiger partial charge in [0, 0.05) is 11.6 Å². The van der Waals surface area contributed by atoms with Gasteiger partial charge in [-0.2, -0.15) is 0 Å². The quantitative estimate of drug-likeness (QED) is 0.871. The molecule has 1 aromatic heterocycles. The van der Waals surface area contributed by atoms with E-state index in [1.165, 1.54) is 6.20 Å². The number of rotatable bonds is 3. The predicted molar refractivity (Wildman–Crippen MR) is 65.0 cm³/mol. The summed E-state index contributed by atoms with van der Waals surface area (Å²) in [6, 6.07) is 5.50. The number of ether oxygens (including phenoxy) is 2. The number of hydrogen-bond acceptors (Lipinski definition) is 5. The Labute approximate surface area is 99.2 Å². The van der Waals surface area contributed by atoms with Crippen molar-refractivity contribution in [2.45, 2.75) is 0 Å². The molecule has 0 aliphatic carbocycles. The number of nitrogens with two attached hydrogens (primary N) is 1. The molecule has 0 amide bonds. The van der Waals surface area contributed by atoms with Gasteiger partial charge in [-0.05, 0) is 12.1 Å². The van der Waals surface area contributed by atoms with Crippen LogP contribution in [0.25, 0.3) is 11.3 Å². The van der Waals surface area contributed by atoms with E-state index in [-0.39, 0.29) is 0 Å². The Hall–Kier alpha value is -2.30. The zero-order chi connectivity index (χ0) is 12.3. The Morgan fingerprint density at radius 2 is 1.65 bits per heavy atom. The maximum absolute atomic E-state index is 5.60. The van der Waals surface area contributed by atoms with Crippen molar-refractivity contribution in [1.29, 1.82) is 0 Å². The zero-order valence-corrected chi connectivity index (χ0v) is 9.68. The first-order valence-corrected chi connectivity index (χ1v) is 5.04. The van der Waals surface area contributed by atoms with Gasteiger partial charge in [0.15, 0.2) is 0 Å². The van der Waals surface area contributed by atoms with E-state index in [0.29, 0.717) is 23.0 Å². The highest BCUT2D eigenvalue weighted by molar-refractivity contribution is 5.64. The van der Waals surface area contributed by atoms with Crippen molar-refractivity contribution in [3.8, 4) is 22.8 Å². The predicted octanol–water partition coefficient (Wildman–Crippen LogP) is 1.74. The van der Waals surface area contributed by atoms with Gasteiger partial charge in [-0.25, -0.2) is 4.98 Å². The van der Waals surface area contributed by atoms with Crippen molar-refractivity contribution in [2.75, 3.05) is 20.0 Å². The Morgan fingerprint density at radius 1 is 1.00 bits per heavy atom. The van der Waals surface area contributed by atoms with Crippen LogP contribution in [0, 0.1) is 0 Å². The highest BCUT2D eigenvalue weighted by Crippen LogP contribution is 2.28. The molecule has 0 aliphatic rings. The first kappa shape index (κ1) is 11.2. The zero-order valence-electron chi connectivity index (χ0n) is 9.68. The largest absolute Gasteiger partial charge is 0.497 e. The van der Waals surface area contributed by atoms with E-state index in [1.54, 1.807) is 26.5 Å². The SMILES string of the molecule is COc1cc(OC)cc(-c2cncc(N)n2)c1. The Kier molecular flexibility index (Phi) is 3.09. The third-order valence-electron chi connectivity index (χ3n) is 2.30. The summed E-state index contributed by atoms with van der Waals surface area (Å²) in [6.45, 7) is 0. The van der Waals surface area contributed by atoms with Crippen LogP contribution in [-0.2, 0) is 0 Å². The number of nitrogens with zero attached hydrogens (tertiary/aromatic N) is 2. The minimum absolute atomic E-state index is 0.379. The van der Waals surface area contributed by atoms with Crippen molar-refractivity contribution >= 4 is 5.82 Å². The van der Waals surface area contributed by atoms with Gasteiger partial charge in [0.1, 0.15) is 17.3 Å². The number of hydrogen-bond donors (Lipinski definition) is 1. The molecular weight excluding hydrogens is 218 g/mol. The molecule has 88 valence electrons. The maximum Gasteiger partial charge on any atom is 0.142 e. The van der Waals surface area contributed by atoms with E-state index in [0.717, 1.165) is 5.56 Å². The van der Waals surface area contributed by atoms with E-state index in [9.17, 15) is 0 Å². The smallest absolute Gasteiger partial charge is 0.142 e. The number of aromatic nitrogens is 2. The molecule has 0 saturated heterocycles. The molecule has 2 rings (SSSR count). The first-order valence-electron chi connectivity index (χ1n) is 5.04. The van der Waals surface area contributed by atoms with Crippen LogP contribution in [0.4, 0.5) is 5.82 Å². The summed E-state index contributed by atoms with van der Waals surface area (Å²) >= 11 is 0. The van der Waals surface area contributed by atoms with Gasteiger partial charge in [-0.3, -0.25) is 4.98 Å². The van der Waals surface area contributed by atoms with Crippen LogP contribution < -0.4 is 15.2 Å². The second-order valence-corrected chi connectivity index (χ2v) is 3.43. The lowest BCUT2D eigenvalue weighted by Crippen LogP contribution is -1.94. The lowest BCUT2D eigenvalue weighted by molar-refractivity contribution is 0.394. The summed E-state index contributed by atoms with van der Waals surface area (Å²) in [7, 11) is 3.20. The lowest BCUT2D eigenvalue weighted by Gasteiger charge is -2.08. The summed E-state index contributed by atoms with van der Waals surface area (Å²) in [6.07, 6.45) is 3.14. The van der Waals surface area contributed by atoms with Crippen molar-refractivity contribution < 1.29 is 9.47 Å². The maximum atomic E-state index is 5.60. The summed E-state index contributed by atoms with van der Waals surface area (Å²) < 4.78 is 10.4. The van der Waals surface area contributed by atoms with Crippen LogP contribution in [0.5, 0.6) is 11.5 Å². The highest BCUT2D eigenvalue weighted by atomic mass is 16.5. The molecular formula is C12H13N3O2. The molecule has 1 heterocycles. The fourth-order valence-electron chi connectivity index (χ4n) is 1.48. The molecule has 5 heteroatoms. The minimum Gasteiger partial charge on any atom is -0.497 e. The van der Waals surface area contributed by atoms with E-state index >= 15 is 0 Å². The standard InChI is InChI=1S/C12H13N3O2/c1-16-9-3-8(4-10(5-9)17-2)11-6-14-7-12(13)15-11/h3-7H,1-2H3,(H2,13,15). The van der Waals surface area contributed by atoms with Crippen LogP contribution in [0.3, 0.4) is 0 Å². The topological polar surface area (TPSA) is 70.3 Å². The lowest BCUT2D eigenvalue weighted by atomic mass is 10.1. The number of nitrogen functional groups attached to an aromatic ring is 1. The first-order chi connectivity index (χ1) is 8.22. The van der Waals surface area contributed by atoms with Crippen molar-refractivity contribution in [3.05, 3.63) is 30.6 Å². The average molecular weight is 231 g/mol. The molecule has 0 saturated carbocycles. The molecule has 0 fully saturated rings. The second kappa shape index (κ2) is 4.69. The van der Waals surface area contributed by atoms with Crippen LogP contribution in [0.1, 0.15) is 0 Å². The average Bonchev–Trinajstić information content (AvgIpc) is 2.38. The van der Waals surface area contributed by atoms with E-state index in [1.807, 2.05) is 12.1 Å². The Morgan fingerprint density at radius 3 is 2.18 bits per heavy atom. The Balaban J connectivity index is 2.50. The van der Waals surface area contributed by atoms with Gasteiger partial charge in [0.2, 0.25) is 0 Å². The van der Waals surface area contributed by atoms with Crippen LogP contribution in [-0.4, -0.2) is 24.2 Å². The van der Waals surface area contributed by atoms with Crippen molar-refractivity contribution in [3.63, 3.8) is 0 Å². The van der Waals surface area contributed by atoms with Gasteiger partial charge in [0.05, 0.1) is 32.3 Å². The van der Waals surface area contributed by atoms with Gasteiger partial charge in [-0.1, -0.05) is 0 Å². The van der Waals surface area contributed by atoms with Crippen LogP contribution >= 0.6 is 0 Å². The summed E-state index contributed by atoms with van der Waals surface area (Å²) in [5.74, 6) is 1.77. The molecule has 0 radical (unpaired) electrons. The molecule has 0 bridgehead atoms. The molecule has 1 aromatic carbocycles. The van der Waals surface area contributed by atoms with E-state index < -0.39 is 0 Å². The third kappa shape index (κ3) is 2.44. The van der Waals surface area contributed by atoms with Gasteiger partial charge in [-0.15, -0.1) is 0 Å². The minimum atomic E-state index is 0.379. The molecule has 0 unspecified atom stereocenters. The summed E-state index contributed by atoms with van der Waals surface area (Å²) in [4.78, 5) is 8.20. The molecule has 0 spiro atoms. The fourth-order valence-corrected chi connectivity index (χ4v) is 1.48. The Bertz CT molecular complexity index is 507. The molecule has 0 atom stereocenters. The second-order valence-electron chi connectivity index (χ2n) is 3.43. The highest BCUT2D eigenvalue weighted by Gasteiger charge is 2.06. The summed E-state index contributed by atoms with van der Waals surface area (Å²) in [5.41, 5.74) is 7.13. The molecule has 2 N–H and O–H groups in total. The van der Waals surface area contributed by atoms with Gasteiger partial charge in [0.25, 0.3) is 0 Å². The molecule has 2 aromatic rings. The van der Waals surface area contributed by atoms with Gasteiger partial charge >= 0.3 is 0 Å².